The quantitative estimate of drug-likeness (QED) is 0.856. The summed E-state index contributed by atoms with van der Waals surface area (Å²) in [5, 5.41) is 12.4. The third-order valence-corrected chi connectivity index (χ3v) is 3.49. The largest absolute Gasteiger partial charge is 0.478 e. The Bertz CT molecular complexity index is 414. The molecule has 0 bridgehead atoms. The van der Waals surface area contributed by atoms with Gasteiger partial charge in [0.1, 0.15) is 0 Å². The van der Waals surface area contributed by atoms with Gasteiger partial charge in [-0.25, -0.2) is 4.79 Å². The Morgan fingerprint density at radius 1 is 1.39 bits per heavy atom. The van der Waals surface area contributed by atoms with E-state index >= 15 is 0 Å². The van der Waals surface area contributed by atoms with Gasteiger partial charge in [-0.1, -0.05) is 13.8 Å². The van der Waals surface area contributed by atoms with Crippen molar-refractivity contribution in [2.75, 3.05) is 24.5 Å². The van der Waals surface area contributed by atoms with Crippen LogP contribution in [0.1, 0.15) is 24.2 Å². The first-order valence-corrected chi connectivity index (χ1v) is 6.39. The van der Waals surface area contributed by atoms with Crippen molar-refractivity contribution in [2.24, 2.45) is 5.92 Å². The third kappa shape index (κ3) is 2.82. The Kier molecular flexibility index (Phi) is 3.87. The Labute approximate surface area is 108 Å². The smallest absolute Gasteiger partial charge is 0.335 e. The number of carboxylic acid groups (broad SMARTS) is 1. The molecule has 0 spiro atoms. The van der Waals surface area contributed by atoms with E-state index in [1.807, 2.05) is 12.1 Å². The molecule has 1 atom stereocenters. The maximum Gasteiger partial charge on any atom is 0.335 e. The summed E-state index contributed by atoms with van der Waals surface area (Å²) in [7, 11) is 0. The van der Waals surface area contributed by atoms with Gasteiger partial charge in [-0.3, -0.25) is 0 Å². The Morgan fingerprint density at radius 2 is 2.06 bits per heavy atom. The minimum absolute atomic E-state index is 0.342. The first kappa shape index (κ1) is 12.9. The van der Waals surface area contributed by atoms with Crippen molar-refractivity contribution in [1.82, 2.24) is 5.32 Å². The van der Waals surface area contributed by atoms with E-state index in [1.165, 1.54) is 0 Å². The van der Waals surface area contributed by atoms with Gasteiger partial charge in [-0.05, 0) is 30.2 Å². The summed E-state index contributed by atoms with van der Waals surface area (Å²) in [6.07, 6.45) is 0. The van der Waals surface area contributed by atoms with Gasteiger partial charge in [0, 0.05) is 31.4 Å². The molecule has 0 radical (unpaired) electrons. The lowest BCUT2D eigenvalue weighted by molar-refractivity contribution is 0.0697. The van der Waals surface area contributed by atoms with Gasteiger partial charge in [-0.2, -0.15) is 0 Å². The molecule has 4 nitrogen and oxygen atoms in total. The summed E-state index contributed by atoms with van der Waals surface area (Å²) in [4.78, 5) is 13.1. The van der Waals surface area contributed by atoms with Crippen molar-refractivity contribution in [2.45, 2.75) is 19.9 Å². The van der Waals surface area contributed by atoms with Gasteiger partial charge in [0.15, 0.2) is 0 Å². The molecule has 0 aliphatic carbocycles. The van der Waals surface area contributed by atoms with Crippen LogP contribution in [0.3, 0.4) is 0 Å². The molecule has 98 valence electrons. The van der Waals surface area contributed by atoms with Crippen molar-refractivity contribution >= 4 is 11.7 Å². The van der Waals surface area contributed by atoms with E-state index in [4.69, 9.17) is 5.11 Å². The normalized spacial score (nSPS) is 20.2. The van der Waals surface area contributed by atoms with Crippen LogP contribution in [0.25, 0.3) is 0 Å². The van der Waals surface area contributed by atoms with E-state index in [-0.39, 0.29) is 0 Å². The Hall–Kier alpha value is -1.55. The van der Waals surface area contributed by atoms with Crippen LogP contribution in [0, 0.1) is 5.92 Å². The standard InChI is InChI=1S/C14H20N2O2/c1-10(2)13-9-16(8-7-15-13)12-5-3-11(4-6-12)14(17)18/h3-6,10,13,15H,7-9H2,1-2H3,(H,17,18)/t13-/m1/s1. The number of nitrogens with zero attached hydrogens (tertiary/aromatic N) is 1. The van der Waals surface area contributed by atoms with Gasteiger partial charge in [0.05, 0.1) is 5.56 Å². The van der Waals surface area contributed by atoms with E-state index in [1.54, 1.807) is 12.1 Å². The summed E-state index contributed by atoms with van der Waals surface area (Å²) in [6.45, 7) is 7.35. The molecule has 2 rings (SSSR count). The number of benzene rings is 1. The summed E-state index contributed by atoms with van der Waals surface area (Å²) in [6, 6.07) is 7.63. The van der Waals surface area contributed by atoms with Gasteiger partial charge < -0.3 is 15.3 Å². The predicted molar refractivity (Wildman–Crippen MR) is 72.2 cm³/mol. The SMILES string of the molecule is CC(C)[C@H]1CN(c2ccc(C(=O)O)cc2)CCN1. The van der Waals surface area contributed by atoms with Crippen LogP contribution in [0.5, 0.6) is 0 Å². The second-order valence-electron chi connectivity index (χ2n) is 5.10. The molecule has 1 aliphatic heterocycles. The zero-order chi connectivity index (χ0) is 13.1. The maximum absolute atomic E-state index is 10.8. The first-order chi connectivity index (χ1) is 8.58. The van der Waals surface area contributed by atoms with Crippen LogP contribution in [0.15, 0.2) is 24.3 Å². The summed E-state index contributed by atoms with van der Waals surface area (Å²) in [5.41, 5.74) is 1.45. The molecule has 1 heterocycles. The molecular formula is C14H20N2O2. The summed E-state index contributed by atoms with van der Waals surface area (Å²) >= 11 is 0. The van der Waals surface area contributed by atoms with Crippen molar-refractivity contribution < 1.29 is 9.90 Å². The Morgan fingerprint density at radius 3 is 2.61 bits per heavy atom. The van der Waals surface area contributed by atoms with E-state index in [0.29, 0.717) is 17.5 Å². The number of hydrogen-bond donors (Lipinski definition) is 2. The molecule has 1 fully saturated rings. The van der Waals surface area contributed by atoms with Crippen LogP contribution in [0.4, 0.5) is 5.69 Å². The highest BCUT2D eigenvalue weighted by Crippen LogP contribution is 2.19. The number of aromatic carboxylic acids is 1. The highest BCUT2D eigenvalue weighted by atomic mass is 16.4. The highest BCUT2D eigenvalue weighted by Gasteiger charge is 2.21. The molecule has 1 saturated heterocycles. The number of carbonyl (C=O) groups is 1. The lowest BCUT2D eigenvalue weighted by Gasteiger charge is -2.37. The molecule has 0 aromatic heterocycles. The fourth-order valence-electron chi connectivity index (χ4n) is 2.27. The predicted octanol–water partition coefficient (Wildman–Crippen LogP) is 1.82. The molecular weight excluding hydrogens is 228 g/mol. The topological polar surface area (TPSA) is 52.6 Å². The molecule has 0 saturated carbocycles. The second kappa shape index (κ2) is 5.40. The lowest BCUT2D eigenvalue weighted by atomic mass is 10.0. The number of rotatable bonds is 3. The van der Waals surface area contributed by atoms with Crippen LogP contribution in [0.2, 0.25) is 0 Å². The van der Waals surface area contributed by atoms with Gasteiger partial charge in [0.25, 0.3) is 0 Å². The van der Waals surface area contributed by atoms with Gasteiger partial charge in [-0.15, -0.1) is 0 Å². The molecule has 0 amide bonds. The van der Waals surface area contributed by atoms with E-state index in [9.17, 15) is 4.79 Å². The monoisotopic (exact) mass is 248 g/mol. The number of hydrogen-bond acceptors (Lipinski definition) is 3. The van der Waals surface area contributed by atoms with Crippen molar-refractivity contribution in [3.05, 3.63) is 29.8 Å². The van der Waals surface area contributed by atoms with Crippen LogP contribution < -0.4 is 10.2 Å². The third-order valence-electron chi connectivity index (χ3n) is 3.49. The maximum atomic E-state index is 10.8. The molecule has 1 aliphatic rings. The van der Waals surface area contributed by atoms with Crippen molar-refractivity contribution in [1.29, 1.82) is 0 Å². The van der Waals surface area contributed by atoms with Gasteiger partial charge >= 0.3 is 5.97 Å². The van der Waals surface area contributed by atoms with Crippen LogP contribution in [-0.4, -0.2) is 36.8 Å². The number of piperazine rings is 1. The number of anilines is 1. The van der Waals surface area contributed by atoms with Crippen LogP contribution in [-0.2, 0) is 0 Å². The van der Waals surface area contributed by atoms with E-state index in [0.717, 1.165) is 25.3 Å². The molecule has 1 aromatic carbocycles. The number of nitrogens with one attached hydrogen (secondary N) is 1. The van der Waals surface area contributed by atoms with E-state index in [2.05, 4.69) is 24.1 Å². The lowest BCUT2D eigenvalue weighted by Crippen LogP contribution is -2.52. The van der Waals surface area contributed by atoms with Crippen molar-refractivity contribution in [3.8, 4) is 0 Å². The summed E-state index contributed by atoms with van der Waals surface area (Å²) in [5.74, 6) is -0.270. The fraction of sp³-hybridized carbons (Fsp3) is 0.500. The second-order valence-corrected chi connectivity index (χ2v) is 5.10. The minimum Gasteiger partial charge on any atom is -0.478 e. The average molecular weight is 248 g/mol. The molecule has 18 heavy (non-hydrogen) atoms. The molecule has 1 aromatic rings. The minimum atomic E-state index is -0.873. The zero-order valence-corrected chi connectivity index (χ0v) is 10.9. The molecule has 4 heteroatoms. The number of carboxylic acids is 1. The Balaban J connectivity index is 2.09. The first-order valence-electron chi connectivity index (χ1n) is 6.39. The summed E-state index contributed by atoms with van der Waals surface area (Å²) < 4.78 is 0. The van der Waals surface area contributed by atoms with Crippen molar-refractivity contribution in [3.63, 3.8) is 0 Å². The fourth-order valence-corrected chi connectivity index (χ4v) is 2.27. The van der Waals surface area contributed by atoms with Crippen LogP contribution >= 0.6 is 0 Å². The molecule has 2 N–H and O–H groups in total. The average Bonchev–Trinajstić information content (AvgIpc) is 2.39. The zero-order valence-electron chi connectivity index (χ0n) is 10.9. The van der Waals surface area contributed by atoms with Gasteiger partial charge in [0.2, 0.25) is 0 Å². The molecule has 0 unspecified atom stereocenters. The highest BCUT2D eigenvalue weighted by molar-refractivity contribution is 5.88. The van der Waals surface area contributed by atoms with E-state index < -0.39 is 5.97 Å².